The van der Waals surface area contributed by atoms with Crippen LogP contribution in [0.5, 0.6) is 0 Å². The van der Waals surface area contributed by atoms with Crippen LogP contribution < -0.4 is 5.26 Å². The van der Waals surface area contributed by atoms with Crippen molar-refractivity contribution in [3.05, 3.63) is 19.4 Å². The largest absolute Gasteiger partial charge is 0.374 e. The second kappa shape index (κ2) is 46.5. The molecule has 0 fully saturated rings. The Kier molecular flexibility index (Phi) is 68.6. The second-order valence-corrected chi connectivity index (χ2v) is 0.143. The van der Waals surface area contributed by atoms with E-state index in [-0.39, 0.29) is 0 Å². The smallest absolute Gasteiger partial charge is 0.0869 e. The minimum atomic E-state index is 1.75. The maximum absolute atomic E-state index is 7.99. The molecule has 0 aromatic heterocycles. The molecular weight excluding hydrogens is 96.0 g/mol. The molecule has 0 aromatic carbocycles. The number of rotatable bonds is 0. The Morgan fingerprint density at radius 1 is 1.50 bits per heavy atom. The molecule has 6 nitrogen and oxygen atoms in total. The van der Waals surface area contributed by atoms with E-state index in [4.69, 9.17) is 20.4 Å². The Morgan fingerprint density at radius 3 is 1.50 bits per heavy atom. The standard InChI is InChI=1S/HO3.O3/c2*1-3-2/h1H;/q+1;. The molecule has 6 heteroatoms. The molecule has 0 aliphatic rings. The molecule has 0 aromatic rings. The highest BCUT2D eigenvalue weighted by atomic mass is 17.2. The molecule has 0 heterocycles. The third-order valence-corrected chi connectivity index (χ3v) is 0. The molecule has 0 atom stereocenters. The van der Waals surface area contributed by atoms with Crippen molar-refractivity contribution in [1.29, 1.82) is 0 Å². The van der Waals surface area contributed by atoms with Crippen LogP contribution in [0, 0.1) is 19.4 Å². The molecular formula is HO6+. The summed E-state index contributed by atoms with van der Waals surface area (Å²) in [5, 5.41) is 14.4. The predicted molar refractivity (Wildman–Crippen MR) is 16.1 cm³/mol. The van der Waals surface area contributed by atoms with Crippen molar-refractivity contribution in [3.8, 4) is 0 Å². The Balaban J connectivity index is 0. The summed E-state index contributed by atoms with van der Waals surface area (Å²) in [5.41, 5.74) is 0. The van der Waals surface area contributed by atoms with E-state index in [0.717, 1.165) is 0 Å². The van der Waals surface area contributed by atoms with Gasteiger partial charge in [-0.25, -0.2) is 0 Å². The van der Waals surface area contributed by atoms with E-state index in [2.05, 4.69) is 0 Å². The highest BCUT2D eigenvalue weighted by molar-refractivity contribution is 4.24. The third-order valence-electron chi connectivity index (χ3n) is 0. The van der Waals surface area contributed by atoms with Crippen LogP contribution in [-0.2, 0) is 0 Å². The first-order chi connectivity index (χ1) is 2.83. The van der Waals surface area contributed by atoms with Gasteiger partial charge in [0.15, 0.2) is 4.75 Å². The summed E-state index contributed by atoms with van der Waals surface area (Å²) in [6.45, 7) is 0. The van der Waals surface area contributed by atoms with Crippen LogP contribution >= 0.6 is 0 Å². The van der Waals surface area contributed by atoms with Gasteiger partial charge < -0.3 is 0 Å². The monoisotopic (exact) mass is 97.0 g/mol. The van der Waals surface area contributed by atoms with Gasteiger partial charge >= 0.3 is 4.75 Å². The summed E-state index contributed by atoms with van der Waals surface area (Å²) in [4.78, 5) is 15.9. The minimum absolute atomic E-state index is 1.75. The Morgan fingerprint density at radius 2 is 1.50 bits per heavy atom. The molecule has 0 saturated carbocycles. The van der Waals surface area contributed by atoms with E-state index in [0.29, 0.717) is 0 Å². The van der Waals surface area contributed by atoms with Crippen LogP contribution in [0.15, 0.2) is 0 Å². The summed E-state index contributed by atoms with van der Waals surface area (Å²) in [7, 11) is 0. The van der Waals surface area contributed by atoms with Gasteiger partial charge in [0.1, 0.15) is 0 Å². The summed E-state index contributed by atoms with van der Waals surface area (Å²) >= 11 is 0. The van der Waals surface area contributed by atoms with Crippen LogP contribution in [-0.4, -0.2) is 5.26 Å². The van der Waals surface area contributed by atoms with E-state index < -0.39 is 0 Å². The molecule has 0 rings (SSSR count). The Hall–Kier alpha value is -1.20. The Labute approximate surface area is 31.3 Å². The van der Waals surface area contributed by atoms with Gasteiger partial charge in [0, 0.05) is 0 Å². The van der Waals surface area contributed by atoms with Crippen LogP contribution in [0.1, 0.15) is 0 Å². The summed E-state index contributed by atoms with van der Waals surface area (Å²) in [6, 6.07) is 0. The van der Waals surface area contributed by atoms with Crippen molar-refractivity contribution >= 4 is 0 Å². The first-order valence-corrected chi connectivity index (χ1v) is 0.683. The molecule has 0 aliphatic heterocycles. The van der Waals surface area contributed by atoms with Gasteiger partial charge in [0.05, 0.1) is 0 Å². The van der Waals surface area contributed by atoms with Crippen molar-refractivity contribution in [3.63, 3.8) is 0 Å². The maximum Gasteiger partial charge on any atom is 0.374 e. The van der Waals surface area contributed by atoms with Crippen LogP contribution in [0.4, 0.5) is 0 Å². The maximum atomic E-state index is 7.99. The van der Waals surface area contributed by atoms with Gasteiger partial charge in [0.25, 0.3) is 4.96 Å². The van der Waals surface area contributed by atoms with Gasteiger partial charge in [-0.3, -0.25) is 0 Å². The quantitative estimate of drug-likeness (QED) is 0.237. The highest BCUT2D eigenvalue weighted by Gasteiger charge is 1.45. The molecule has 0 unspecified atom stereocenters. The SMILES string of the molecule is O=[O+]O.O=[O+][O-]. The minimum Gasteiger partial charge on any atom is -0.0869 e. The number of hydrogen-bond acceptors (Lipinski definition) is 3. The molecule has 0 aliphatic carbocycles. The topological polar surface area (TPSA) is 100 Å². The third kappa shape index (κ3) is 6.30. The molecule has 0 radical (unpaired) electrons. The zero-order valence-electron chi connectivity index (χ0n) is 2.49. The van der Waals surface area contributed by atoms with E-state index in [9.17, 15) is 0 Å². The lowest BCUT2D eigenvalue weighted by Crippen LogP contribution is -1.82. The number of hydrogen-bond donors (Lipinski definition) is 1. The molecule has 6 heavy (non-hydrogen) atoms. The predicted octanol–water partition coefficient (Wildman–Crippen LogP) is -1.05. The Bertz CT molecular complexity index is 21.0. The molecule has 36 valence electrons. The molecule has 0 amide bonds. The molecule has 0 bridgehead atoms. The van der Waals surface area contributed by atoms with Gasteiger partial charge in [0.2, 0.25) is 0 Å². The van der Waals surface area contributed by atoms with Crippen LogP contribution in [0.2, 0.25) is 0 Å². The zero-order chi connectivity index (χ0) is 5.41. The van der Waals surface area contributed by atoms with Crippen molar-refractivity contribution in [2.45, 2.75) is 0 Å². The average Bonchev–Trinajstić information content (AvgIpc) is 1.39. The highest BCUT2D eigenvalue weighted by Crippen LogP contribution is 1.16. The van der Waals surface area contributed by atoms with Gasteiger partial charge in [-0.2, -0.15) is 0 Å². The first kappa shape index (κ1) is 8.84. The van der Waals surface area contributed by atoms with E-state index in [1.807, 2.05) is 4.75 Å². The fourth-order valence-corrected chi connectivity index (χ4v) is 0. The summed E-state index contributed by atoms with van der Waals surface area (Å²) in [5.74, 6) is 0. The summed E-state index contributed by atoms with van der Waals surface area (Å²) < 4.78 is 3.75. The fraction of sp³-hybridized carbons (Fsp3) is 0. The van der Waals surface area contributed by atoms with Gasteiger partial charge in [-0.1, -0.05) is 15.5 Å². The van der Waals surface area contributed by atoms with Crippen LogP contribution in [0.25, 0.3) is 0 Å². The lowest BCUT2D eigenvalue weighted by Gasteiger charge is -1.19. The summed E-state index contributed by atoms with van der Waals surface area (Å²) in [6.07, 6.45) is 0. The van der Waals surface area contributed by atoms with Crippen LogP contribution in [0.3, 0.4) is 0 Å². The van der Waals surface area contributed by atoms with E-state index >= 15 is 0 Å². The van der Waals surface area contributed by atoms with E-state index in [1.165, 1.54) is 0 Å². The van der Waals surface area contributed by atoms with Crippen molar-refractivity contribution in [2.24, 2.45) is 0 Å². The fourth-order valence-electron chi connectivity index (χ4n) is 0. The first-order valence-electron chi connectivity index (χ1n) is 0.683. The normalized spacial score (nSPS) is 4.00. The lowest BCUT2D eigenvalue weighted by atomic mass is 14.8. The van der Waals surface area contributed by atoms with Crippen molar-refractivity contribution in [1.82, 2.24) is 0 Å². The van der Waals surface area contributed by atoms with E-state index in [1.54, 1.807) is 4.75 Å². The zero-order valence-corrected chi connectivity index (χ0v) is 2.49. The lowest BCUT2D eigenvalue weighted by molar-refractivity contribution is -0.284. The average molecular weight is 97.0 g/mol. The van der Waals surface area contributed by atoms with Crippen molar-refractivity contribution in [2.75, 3.05) is 0 Å². The molecule has 1 N–H and O–H groups in total. The molecule has 0 saturated heterocycles. The van der Waals surface area contributed by atoms with Crippen molar-refractivity contribution < 1.29 is 10.5 Å². The molecule has 0 spiro atoms. The van der Waals surface area contributed by atoms with Gasteiger partial charge in [-0.05, 0) is 0 Å². The second-order valence-electron chi connectivity index (χ2n) is 0.143. The van der Waals surface area contributed by atoms with Gasteiger partial charge in [-0.15, -0.1) is 0 Å².